The van der Waals surface area contributed by atoms with Crippen molar-refractivity contribution in [3.8, 4) is 0 Å². The highest BCUT2D eigenvalue weighted by molar-refractivity contribution is 9.10. The number of carbonyl (C=O) groups excluding carboxylic acids is 1. The number of aryl methyl sites for hydroxylation is 1. The Bertz CT molecular complexity index is 318. The Hall–Kier alpha value is -0.630. The Labute approximate surface area is 87.3 Å². The predicted molar refractivity (Wildman–Crippen MR) is 58.1 cm³/mol. The van der Waals surface area contributed by atoms with Gasteiger partial charge in [0.2, 0.25) is 0 Å². The average Bonchev–Trinajstić information content (AvgIpc) is 2.09. The van der Waals surface area contributed by atoms with Crippen molar-refractivity contribution in [3.05, 3.63) is 33.8 Å². The average molecular weight is 241 g/mol. The molecule has 0 radical (unpaired) electrons. The van der Waals surface area contributed by atoms with Crippen molar-refractivity contribution < 1.29 is 4.79 Å². The summed E-state index contributed by atoms with van der Waals surface area (Å²) in [6, 6.07) is 5.85. The molecule has 1 nitrogen and oxygen atoms in total. The molecule has 0 amide bonds. The summed E-state index contributed by atoms with van der Waals surface area (Å²) in [6.45, 7) is 4.01. The molecule has 0 aromatic heterocycles. The van der Waals surface area contributed by atoms with Gasteiger partial charge in [-0.3, -0.25) is 4.79 Å². The van der Waals surface area contributed by atoms with Gasteiger partial charge in [-0.25, -0.2) is 0 Å². The maximum Gasteiger partial charge on any atom is 0.164 e. The second kappa shape index (κ2) is 4.56. The van der Waals surface area contributed by atoms with Crippen molar-refractivity contribution in [1.82, 2.24) is 0 Å². The van der Waals surface area contributed by atoms with Crippen LogP contribution in [0.2, 0.25) is 0 Å². The van der Waals surface area contributed by atoms with Gasteiger partial charge in [0.15, 0.2) is 5.78 Å². The number of Topliss-reactive ketones (excluding diaryl/α,β-unsaturated/α-hetero) is 1. The lowest BCUT2D eigenvalue weighted by atomic mass is 10.1. The van der Waals surface area contributed by atoms with Crippen LogP contribution in [-0.2, 0) is 0 Å². The molecule has 0 fully saturated rings. The van der Waals surface area contributed by atoms with E-state index in [9.17, 15) is 4.79 Å². The maximum absolute atomic E-state index is 11.6. The van der Waals surface area contributed by atoms with Crippen molar-refractivity contribution in [2.45, 2.75) is 26.7 Å². The monoisotopic (exact) mass is 240 g/mol. The van der Waals surface area contributed by atoms with Gasteiger partial charge in [0, 0.05) is 16.5 Å². The van der Waals surface area contributed by atoms with Crippen LogP contribution < -0.4 is 0 Å². The van der Waals surface area contributed by atoms with Crippen molar-refractivity contribution >= 4 is 21.7 Å². The molecule has 1 aromatic carbocycles. The predicted octanol–water partition coefficient (Wildman–Crippen LogP) is 3.74. The molecule has 2 heteroatoms. The van der Waals surface area contributed by atoms with Gasteiger partial charge >= 0.3 is 0 Å². The van der Waals surface area contributed by atoms with E-state index in [2.05, 4.69) is 15.9 Å². The van der Waals surface area contributed by atoms with E-state index in [1.54, 1.807) is 0 Å². The molecule has 1 rings (SSSR count). The summed E-state index contributed by atoms with van der Waals surface area (Å²) >= 11 is 3.38. The number of ketones is 1. The summed E-state index contributed by atoms with van der Waals surface area (Å²) in [5, 5.41) is 0. The number of hydrogen-bond donors (Lipinski definition) is 0. The molecular weight excluding hydrogens is 228 g/mol. The summed E-state index contributed by atoms with van der Waals surface area (Å²) in [5.74, 6) is 0.220. The van der Waals surface area contributed by atoms with Gasteiger partial charge < -0.3 is 0 Å². The van der Waals surface area contributed by atoms with Crippen molar-refractivity contribution in [3.63, 3.8) is 0 Å². The summed E-state index contributed by atoms with van der Waals surface area (Å²) in [4.78, 5) is 11.6. The molecule has 70 valence electrons. The first kappa shape index (κ1) is 10.5. The fourth-order valence-electron chi connectivity index (χ4n) is 1.21. The minimum atomic E-state index is 0.220. The highest BCUT2D eigenvalue weighted by Gasteiger charge is 2.08. The minimum Gasteiger partial charge on any atom is -0.294 e. The molecule has 13 heavy (non-hydrogen) atoms. The number of carbonyl (C=O) groups is 1. The summed E-state index contributed by atoms with van der Waals surface area (Å²) in [7, 11) is 0. The zero-order valence-electron chi connectivity index (χ0n) is 7.93. The third kappa shape index (κ3) is 2.66. The molecule has 0 saturated carbocycles. The Morgan fingerprint density at radius 1 is 1.46 bits per heavy atom. The Morgan fingerprint density at radius 2 is 2.15 bits per heavy atom. The lowest BCUT2D eigenvalue weighted by molar-refractivity contribution is 0.0981. The molecule has 0 unspecified atom stereocenters. The van der Waals surface area contributed by atoms with E-state index in [1.807, 2.05) is 32.0 Å². The van der Waals surface area contributed by atoms with Crippen LogP contribution in [0.1, 0.15) is 35.7 Å². The Balaban J connectivity index is 2.99. The molecule has 0 spiro atoms. The van der Waals surface area contributed by atoms with Gasteiger partial charge in [-0.1, -0.05) is 34.5 Å². The van der Waals surface area contributed by atoms with Crippen LogP contribution in [0.15, 0.2) is 22.7 Å². The summed E-state index contributed by atoms with van der Waals surface area (Å²) < 4.78 is 0.900. The van der Waals surface area contributed by atoms with E-state index < -0.39 is 0 Å². The van der Waals surface area contributed by atoms with E-state index in [-0.39, 0.29) is 5.78 Å². The number of halogens is 1. The second-order valence-electron chi connectivity index (χ2n) is 3.16. The lowest BCUT2D eigenvalue weighted by Crippen LogP contribution is -1.99. The molecule has 0 N–H and O–H groups in total. The Kier molecular flexibility index (Phi) is 3.67. The standard InChI is InChI=1S/C11H13BrO/c1-3-4-11(13)9-7-8(2)5-6-10(9)12/h5-7H,3-4H2,1-2H3. The molecule has 0 atom stereocenters. The van der Waals surface area contributed by atoms with Gasteiger partial charge in [-0.2, -0.15) is 0 Å². The number of rotatable bonds is 3. The minimum absolute atomic E-state index is 0.220. The number of hydrogen-bond acceptors (Lipinski definition) is 1. The summed E-state index contributed by atoms with van der Waals surface area (Å²) in [6.07, 6.45) is 1.53. The molecule has 0 aliphatic carbocycles. The van der Waals surface area contributed by atoms with Crippen LogP contribution in [0.4, 0.5) is 0 Å². The van der Waals surface area contributed by atoms with Gasteiger partial charge in [0.1, 0.15) is 0 Å². The first-order valence-corrected chi connectivity index (χ1v) is 5.23. The van der Waals surface area contributed by atoms with Gasteiger partial charge in [0.25, 0.3) is 0 Å². The van der Waals surface area contributed by atoms with Crippen LogP contribution in [0.25, 0.3) is 0 Å². The van der Waals surface area contributed by atoms with Crippen molar-refractivity contribution in [2.24, 2.45) is 0 Å². The molecule has 0 heterocycles. The molecular formula is C11H13BrO. The van der Waals surface area contributed by atoms with Crippen LogP contribution in [0.5, 0.6) is 0 Å². The molecule has 0 saturated heterocycles. The third-order valence-electron chi connectivity index (χ3n) is 1.90. The van der Waals surface area contributed by atoms with Gasteiger partial charge in [0.05, 0.1) is 0 Å². The first-order chi connectivity index (χ1) is 6.15. The first-order valence-electron chi connectivity index (χ1n) is 4.44. The smallest absolute Gasteiger partial charge is 0.164 e. The second-order valence-corrected chi connectivity index (χ2v) is 4.01. The SMILES string of the molecule is CCCC(=O)c1cc(C)ccc1Br. The zero-order valence-corrected chi connectivity index (χ0v) is 9.52. The van der Waals surface area contributed by atoms with Crippen LogP contribution in [-0.4, -0.2) is 5.78 Å². The highest BCUT2D eigenvalue weighted by Crippen LogP contribution is 2.19. The normalized spacial score (nSPS) is 10.1. The molecule has 0 bridgehead atoms. The van der Waals surface area contributed by atoms with Crippen molar-refractivity contribution in [2.75, 3.05) is 0 Å². The Morgan fingerprint density at radius 3 is 2.77 bits per heavy atom. The highest BCUT2D eigenvalue weighted by atomic mass is 79.9. The largest absolute Gasteiger partial charge is 0.294 e. The molecule has 0 aliphatic heterocycles. The maximum atomic E-state index is 11.6. The fraction of sp³-hybridized carbons (Fsp3) is 0.364. The lowest BCUT2D eigenvalue weighted by Gasteiger charge is -2.03. The van der Waals surface area contributed by atoms with E-state index in [0.29, 0.717) is 6.42 Å². The molecule has 1 aromatic rings. The van der Waals surface area contributed by atoms with E-state index in [1.165, 1.54) is 0 Å². The van der Waals surface area contributed by atoms with Crippen molar-refractivity contribution in [1.29, 1.82) is 0 Å². The van der Waals surface area contributed by atoms with E-state index in [4.69, 9.17) is 0 Å². The van der Waals surface area contributed by atoms with Gasteiger partial charge in [-0.15, -0.1) is 0 Å². The fourth-order valence-corrected chi connectivity index (χ4v) is 1.68. The van der Waals surface area contributed by atoms with Gasteiger partial charge in [-0.05, 0) is 25.5 Å². The zero-order chi connectivity index (χ0) is 9.84. The molecule has 0 aliphatic rings. The quantitative estimate of drug-likeness (QED) is 0.736. The van der Waals surface area contributed by atoms with E-state index in [0.717, 1.165) is 22.0 Å². The third-order valence-corrected chi connectivity index (χ3v) is 2.59. The van der Waals surface area contributed by atoms with E-state index >= 15 is 0 Å². The summed E-state index contributed by atoms with van der Waals surface area (Å²) in [5.41, 5.74) is 1.93. The van der Waals surface area contributed by atoms with Crippen LogP contribution in [0.3, 0.4) is 0 Å². The number of benzene rings is 1. The van der Waals surface area contributed by atoms with Crippen LogP contribution in [0, 0.1) is 6.92 Å². The topological polar surface area (TPSA) is 17.1 Å². The van der Waals surface area contributed by atoms with Crippen LogP contribution >= 0.6 is 15.9 Å².